The Morgan fingerprint density at radius 1 is 0.773 bits per heavy atom. The van der Waals surface area contributed by atoms with Gasteiger partial charge in [0.25, 0.3) is 0 Å². The van der Waals surface area contributed by atoms with E-state index in [1.54, 1.807) is 26.2 Å². The lowest BCUT2D eigenvalue weighted by Gasteiger charge is -2.21. The predicted octanol–water partition coefficient (Wildman–Crippen LogP) is 10.3. The van der Waals surface area contributed by atoms with Crippen LogP contribution in [0.3, 0.4) is 0 Å². The Labute approximate surface area is 271 Å². The molecule has 3 aromatic carbocycles. The molecule has 0 saturated heterocycles. The summed E-state index contributed by atoms with van der Waals surface area (Å²) in [5.41, 5.74) is 8.44. The highest BCUT2D eigenvalue weighted by Crippen LogP contribution is 2.37. The van der Waals surface area contributed by atoms with E-state index in [1.165, 1.54) is 102 Å². The lowest BCUT2D eigenvalue weighted by Crippen LogP contribution is -2.22. The number of halogens is 1. The van der Waals surface area contributed by atoms with Crippen LogP contribution in [0.1, 0.15) is 93.0 Å². The van der Waals surface area contributed by atoms with E-state index in [4.69, 9.17) is 0 Å². The van der Waals surface area contributed by atoms with Crippen LogP contribution in [-0.4, -0.2) is 35.4 Å². The molecule has 2 heterocycles. The van der Waals surface area contributed by atoms with Crippen molar-refractivity contribution in [3.63, 3.8) is 0 Å². The Kier molecular flexibility index (Phi) is 9.36. The predicted molar refractivity (Wildman–Crippen MR) is 187 cm³/mol. The van der Waals surface area contributed by atoms with E-state index in [2.05, 4.69) is 79.3 Å². The van der Waals surface area contributed by atoms with Crippen LogP contribution in [0.25, 0.3) is 32.9 Å². The fourth-order valence-corrected chi connectivity index (χ4v) is 8.81. The van der Waals surface area contributed by atoms with Crippen LogP contribution in [-0.2, 0) is 10.0 Å². The number of para-hydroxylation sites is 1. The van der Waals surface area contributed by atoms with Gasteiger partial charge in [0, 0.05) is 47.7 Å². The minimum atomic E-state index is -3.41. The first-order chi connectivity index (χ1) is 21.2. The highest BCUT2D eigenvalue weighted by Gasteiger charge is 2.21. The van der Waals surface area contributed by atoms with Crippen molar-refractivity contribution in [2.24, 2.45) is 0 Å². The topological polar surface area (TPSA) is 58.1 Å². The van der Waals surface area contributed by atoms with Gasteiger partial charge in [-0.25, -0.2) is 12.7 Å². The zero-order valence-electron chi connectivity index (χ0n) is 26.2. The van der Waals surface area contributed by atoms with E-state index in [0.29, 0.717) is 10.8 Å². The van der Waals surface area contributed by atoms with Gasteiger partial charge in [-0.05, 0) is 97.7 Å². The number of sulfonamides is 1. The van der Waals surface area contributed by atoms with Crippen molar-refractivity contribution in [1.82, 2.24) is 12.9 Å². The number of aryl methyl sites for hydroxylation is 1. The van der Waals surface area contributed by atoms with E-state index in [0.717, 1.165) is 22.6 Å². The highest BCUT2D eigenvalue weighted by atomic mass is 79.9. The number of aromatic nitrogens is 2. The van der Waals surface area contributed by atoms with Crippen LogP contribution in [0, 0.1) is 6.92 Å². The molecule has 5 aromatic rings. The molecular formula is C37H44BrN3O2S. The number of nitrogens with zero attached hydrogens (tertiary/aromatic N) is 2. The molecule has 232 valence electrons. The number of rotatable bonds is 5. The minimum absolute atomic E-state index is 0.334. The van der Waals surface area contributed by atoms with Gasteiger partial charge in [0.05, 0.1) is 26.6 Å². The van der Waals surface area contributed by atoms with Crippen molar-refractivity contribution < 1.29 is 8.42 Å². The standard InChI is InChI=1S/C23H28N2O2S.C14H16BrN/c1-16-13-20(28(26,27)25(2)3)10-11-21(16)18-9-12-22-19(14-18)15-23(24-22)17-7-5-4-6-8-17;15-16-13-9-5-4-8-12(13)10-14(16)11-6-2-1-3-7-11/h9-15,17,24H,4-8H2,1-3H3;4-5,8-11H,1-3,6-7H2. The third kappa shape index (κ3) is 6.42. The van der Waals surface area contributed by atoms with Crippen LogP contribution in [0.4, 0.5) is 0 Å². The fraction of sp³-hybridized carbons (Fsp3) is 0.405. The molecule has 2 aliphatic carbocycles. The third-order valence-electron chi connectivity index (χ3n) is 9.68. The normalized spacial score (nSPS) is 16.8. The van der Waals surface area contributed by atoms with E-state index < -0.39 is 10.0 Å². The first-order valence-electron chi connectivity index (χ1n) is 16.1. The lowest BCUT2D eigenvalue weighted by atomic mass is 9.87. The number of aromatic amines is 1. The van der Waals surface area contributed by atoms with Gasteiger partial charge in [0.2, 0.25) is 10.0 Å². The van der Waals surface area contributed by atoms with Crippen LogP contribution < -0.4 is 0 Å². The molecule has 2 fully saturated rings. The zero-order valence-corrected chi connectivity index (χ0v) is 28.6. The van der Waals surface area contributed by atoms with Gasteiger partial charge in [-0.15, -0.1) is 0 Å². The van der Waals surface area contributed by atoms with Crippen LogP contribution >= 0.6 is 16.1 Å². The smallest absolute Gasteiger partial charge is 0.242 e. The summed E-state index contributed by atoms with van der Waals surface area (Å²) in [6, 6.07) is 25.1. The molecule has 0 bridgehead atoms. The fourth-order valence-electron chi connectivity index (χ4n) is 7.11. The van der Waals surface area contributed by atoms with Crippen molar-refractivity contribution in [2.75, 3.05) is 14.1 Å². The number of benzene rings is 3. The maximum atomic E-state index is 12.4. The van der Waals surface area contributed by atoms with Crippen LogP contribution in [0.5, 0.6) is 0 Å². The molecule has 2 saturated carbocycles. The van der Waals surface area contributed by atoms with Gasteiger partial charge in [-0.1, -0.05) is 68.9 Å². The maximum absolute atomic E-state index is 12.4. The average molecular weight is 675 g/mol. The molecule has 0 atom stereocenters. The largest absolute Gasteiger partial charge is 0.358 e. The van der Waals surface area contributed by atoms with E-state index in [9.17, 15) is 8.42 Å². The quantitative estimate of drug-likeness (QED) is 0.202. The molecule has 1 N–H and O–H groups in total. The molecule has 0 spiro atoms. The second-order valence-corrected chi connectivity index (χ2v) is 15.7. The summed E-state index contributed by atoms with van der Waals surface area (Å²) in [7, 11) is -0.298. The minimum Gasteiger partial charge on any atom is -0.358 e. The molecule has 2 aromatic heterocycles. The Morgan fingerprint density at radius 2 is 1.45 bits per heavy atom. The summed E-state index contributed by atoms with van der Waals surface area (Å²) in [4.78, 5) is 3.95. The number of nitrogens with one attached hydrogen (secondary N) is 1. The third-order valence-corrected chi connectivity index (χ3v) is 12.3. The van der Waals surface area contributed by atoms with Gasteiger partial charge >= 0.3 is 0 Å². The van der Waals surface area contributed by atoms with E-state index in [-0.39, 0.29) is 0 Å². The van der Waals surface area contributed by atoms with Crippen LogP contribution in [0.15, 0.2) is 77.7 Å². The first-order valence-corrected chi connectivity index (χ1v) is 18.3. The average Bonchev–Trinajstić information content (AvgIpc) is 3.63. The Hall–Kier alpha value is -2.87. The molecule has 44 heavy (non-hydrogen) atoms. The summed E-state index contributed by atoms with van der Waals surface area (Å²) in [6.07, 6.45) is 13.5. The molecule has 0 unspecified atom stereocenters. The molecule has 7 heteroatoms. The summed E-state index contributed by atoms with van der Waals surface area (Å²) < 4.78 is 28.2. The summed E-state index contributed by atoms with van der Waals surface area (Å²) in [6.45, 7) is 1.97. The van der Waals surface area contributed by atoms with Crippen molar-refractivity contribution in [2.45, 2.75) is 87.9 Å². The highest BCUT2D eigenvalue weighted by molar-refractivity contribution is 9.08. The summed E-state index contributed by atoms with van der Waals surface area (Å²) in [5.74, 6) is 1.40. The van der Waals surface area contributed by atoms with Crippen molar-refractivity contribution in [3.8, 4) is 11.1 Å². The Bertz CT molecular complexity index is 1860. The molecule has 2 aliphatic rings. The SMILES string of the molecule is Brn1c(C2CCCCC2)cc2ccccc21.Cc1cc(S(=O)(=O)N(C)C)ccc1-c1ccc2[nH]c(C3CCCCC3)cc2c1. The second-order valence-electron chi connectivity index (χ2n) is 12.9. The molecule has 7 rings (SSSR count). The van der Waals surface area contributed by atoms with Gasteiger partial charge < -0.3 is 4.98 Å². The van der Waals surface area contributed by atoms with Gasteiger partial charge in [0.1, 0.15) is 0 Å². The molecule has 0 aliphatic heterocycles. The van der Waals surface area contributed by atoms with Gasteiger partial charge in [-0.2, -0.15) is 0 Å². The monoisotopic (exact) mass is 673 g/mol. The van der Waals surface area contributed by atoms with Crippen molar-refractivity contribution in [1.29, 1.82) is 0 Å². The van der Waals surface area contributed by atoms with Crippen molar-refractivity contribution in [3.05, 3.63) is 89.7 Å². The number of hydrogen-bond acceptors (Lipinski definition) is 2. The Morgan fingerprint density at radius 3 is 2.11 bits per heavy atom. The lowest BCUT2D eigenvalue weighted by molar-refractivity contribution is 0.437. The number of hydrogen-bond donors (Lipinski definition) is 1. The first kappa shape index (κ1) is 31.1. The Balaban J connectivity index is 0.000000181. The zero-order chi connectivity index (χ0) is 30.8. The second kappa shape index (κ2) is 13.2. The van der Waals surface area contributed by atoms with Crippen LogP contribution in [0.2, 0.25) is 0 Å². The molecule has 5 nitrogen and oxygen atoms in total. The maximum Gasteiger partial charge on any atom is 0.242 e. The van der Waals surface area contributed by atoms with Crippen molar-refractivity contribution >= 4 is 48.0 Å². The molecule has 0 radical (unpaired) electrons. The van der Waals surface area contributed by atoms with Gasteiger partial charge in [0.15, 0.2) is 0 Å². The molecular weight excluding hydrogens is 630 g/mol. The van der Waals surface area contributed by atoms with Gasteiger partial charge in [-0.3, -0.25) is 3.59 Å². The number of H-pyrrole nitrogens is 1. The number of fused-ring (bicyclic) bond motifs is 2. The molecule has 0 amide bonds. The summed E-state index contributed by atoms with van der Waals surface area (Å²) >= 11 is 3.70. The van der Waals surface area contributed by atoms with E-state index >= 15 is 0 Å². The summed E-state index contributed by atoms with van der Waals surface area (Å²) in [5, 5.41) is 2.57. The van der Waals surface area contributed by atoms with E-state index in [1.807, 2.05) is 13.0 Å².